The van der Waals surface area contributed by atoms with Crippen molar-refractivity contribution in [1.29, 1.82) is 0 Å². The molecule has 25 heavy (non-hydrogen) atoms. The third kappa shape index (κ3) is 3.55. The first-order valence-electron chi connectivity index (χ1n) is 8.13. The average molecular weight is 359 g/mol. The van der Waals surface area contributed by atoms with Gasteiger partial charge in [-0.1, -0.05) is 28.9 Å². The molecule has 2 aromatic heterocycles. The predicted molar refractivity (Wildman–Crippen MR) is 91.3 cm³/mol. The molecule has 1 fully saturated rings. The maximum Gasteiger partial charge on any atom is 0.244 e. The van der Waals surface area contributed by atoms with Gasteiger partial charge in [0.05, 0.1) is 12.2 Å². The molecule has 0 amide bonds. The molecule has 1 aromatic carbocycles. The summed E-state index contributed by atoms with van der Waals surface area (Å²) in [6, 6.07) is 10.8. The Morgan fingerprint density at radius 3 is 2.80 bits per heavy atom. The second-order valence-electron chi connectivity index (χ2n) is 6.07. The minimum Gasteiger partial charge on any atom is -0.337 e. The van der Waals surface area contributed by atoms with Crippen LogP contribution in [-0.4, -0.2) is 26.6 Å². The number of halogens is 2. The lowest BCUT2D eigenvalue weighted by Crippen LogP contribution is -2.23. The second kappa shape index (κ2) is 6.90. The average Bonchev–Trinajstić information content (AvgIpc) is 3.27. The van der Waals surface area contributed by atoms with Crippen LogP contribution < -0.4 is 0 Å². The molecule has 0 N–H and O–H groups in total. The van der Waals surface area contributed by atoms with E-state index in [-0.39, 0.29) is 6.04 Å². The monoisotopic (exact) mass is 358 g/mol. The van der Waals surface area contributed by atoms with E-state index in [4.69, 9.17) is 16.1 Å². The van der Waals surface area contributed by atoms with Crippen LogP contribution in [0.1, 0.15) is 30.3 Å². The zero-order valence-corrected chi connectivity index (χ0v) is 14.2. The summed E-state index contributed by atoms with van der Waals surface area (Å²) < 4.78 is 18.5. The van der Waals surface area contributed by atoms with Crippen LogP contribution in [0.2, 0.25) is 5.02 Å². The summed E-state index contributed by atoms with van der Waals surface area (Å²) in [7, 11) is 0. The van der Waals surface area contributed by atoms with Crippen LogP contribution in [0, 0.1) is 5.82 Å². The van der Waals surface area contributed by atoms with Gasteiger partial charge in [0.15, 0.2) is 0 Å². The first-order valence-corrected chi connectivity index (χ1v) is 8.51. The molecule has 0 saturated carbocycles. The summed E-state index contributed by atoms with van der Waals surface area (Å²) >= 11 is 5.95. The van der Waals surface area contributed by atoms with Crippen LogP contribution in [0.15, 0.2) is 47.1 Å². The van der Waals surface area contributed by atoms with Gasteiger partial charge in [-0.15, -0.1) is 0 Å². The van der Waals surface area contributed by atoms with Gasteiger partial charge in [0.2, 0.25) is 11.7 Å². The van der Waals surface area contributed by atoms with Crippen molar-refractivity contribution in [3.63, 3.8) is 0 Å². The molecule has 1 saturated heterocycles. The Balaban J connectivity index is 1.52. The summed E-state index contributed by atoms with van der Waals surface area (Å²) in [5.41, 5.74) is 1.69. The zero-order valence-electron chi connectivity index (χ0n) is 13.4. The number of hydrogen-bond donors (Lipinski definition) is 0. The van der Waals surface area contributed by atoms with E-state index in [9.17, 15) is 4.39 Å². The highest BCUT2D eigenvalue weighted by atomic mass is 35.5. The lowest BCUT2D eigenvalue weighted by atomic mass is 10.2. The highest BCUT2D eigenvalue weighted by Gasteiger charge is 2.30. The van der Waals surface area contributed by atoms with Crippen molar-refractivity contribution in [3.05, 3.63) is 64.9 Å². The molecule has 1 unspecified atom stereocenters. The lowest BCUT2D eigenvalue weighted by molar-refractivity contribution is 0.201. The van der Waals surface area contributed by atoms with Crippen molar-refractivity contribution in [2.75, 3.05) is 6.54 Å². The zero-order chi connectivity index (χ0) is 17.2. The Morgan fingerprint density at radius 1 is 1.20 bits per heavy atom. The molecule has 7 heteroatoms. The molecule has 1 aliphatic heterocycles. The molecule has 1 atom stereocenters. The summed E-state index contributed by atoms with van der Waals surface area (Å²) in [6.07, 6.45) is 3.19. The number of hydrogen-bond acceptors (Lipinski definition) is 5. The number of aromatic nitrogens is 3. The third-order valence-corrected chi connectivity index (χ3v) is 4.60. The quantitative estimate of drug-likeness (QED) is 0.697. The van der Waals surface area contributed by atoms with Gasteiger partial charge in [0.25, 0.3) is 0 Å². The molecule has 0 bridgehead atoms. The van der Waals surface area contributed by atoms with E-state index in [1.54, 1.807) is 6.07 Å². The fourth-order valence-corrected chi connectivity index (χ4v) is 3.23. The van der Waals surface area contributed by atoms with Gasteiger partial charge in [-0.2, -0.15) is 4.98 Å². The van der Waals surface area contributed by atoms with Crippen molar-refractivity contribution in [2.24, 2.45) is 0 Å². The summed E-state index contributed by atoms with van der Waals surface area (Å²) in [5.74, 6) is 0.568. The SMILES string of the molecule is Fc1ccc(-c2noc(C3CCCN3Cc3ccc(Cl)cc3)n2)nc1. The first kappa shape index (κ1) is 16.2. The summed E-state index contributed by atoms with van der Waals surface area (Å²) in [6.45, 7) is 1.77. The van der Waals surface area contributed by atoms with Crippen LogP contribution in [-0.2, 0) is 6.54 Å². The smallest absolute Gasteiger partial charge is 0.244 e. The van der Waals surface area contributed by atoms with E-state index < -0.39 is 5.82 Å². The molecule has 5 nitrogen and oxygen atoms in total. The fraction of sp³-hybridized carbons (Fsp3) is 0.278. The Labute approximate surface area is 149 Å². The highest BCUT2D eigenvalue weighted by Crippen LogP contribution is 2.33. The number of likely N-dealkylation sites (tertiary alicyclic amines) is 1. The molecule has 1 aliphatic rings. The van der Waals surface area contributed by atoms with Crippen LogP contribution in [0.4, 0.5) is 4.39 Å². The minimum atomic E-state index is -0.391. The molecular weight excluding hydrogens is 343 g/mol. The molecule has 0 radical (unpaired) electrons. The van der Waals surface area contributed by atoms with E-state index in [1.807, 2.05) is 24.3 Å². The molecular formula is C18H16ClFN4O. The van der Waals surface area contributed by atoms with Crippen molar-refractivity contribution < 1.29 is 8.91 Å². The number of benzene rings is 1. The van der Waals surface area contributed by atoms with E-state index in [0.717, 1.165) is 37.2 Å². The van der Waals surface area contributed by atoms with Crippen molar-refractivity contribution in [1.82, 2.24) is 20.0 Å². The van der Waals surface area contributed by atoms with Gasteiger partial charge in [-0.25, -0.2) is 9.37 Å². The molecule has 3 aromatic rings. The number of pyridine rings is 1. The Kier molecular flexibility index (Phi) is 4.46. The predicted octanol–water partition coefficient (Wildman–Crippen LogP) is 4.26. The van der Waals surface area contributed by atoms with Crippen molar-refractivity contribution >= 4 is 11.6 Å². The maximum absolute atomic E-state index is 13.0. The topological polar surface area (TPSA) is 55.1 Å². The molecule has 4 rings (SSSR count). The van der Waals surface area contributed by atoms with Gasteiger partial charge >= 0.3 is 0 Å². The largest absolute Gasteiger partial charge is 0.337 e. The Bertz CT molecular complexity index is 850. The van der Waals surface area contributed by atoms with Gasteiger partial charge in [0, 0.05) is 11.6 Å². The van der Waals surface area contributed by atoms with Crippen LogP contribution >= 0.6 is 11.6 Å². The lowest BCUT2D eigenvalue weighted by Gasteiger charge is -2.21. The van der Waals surface area contributed by atoms with E-state index >= 15 is 0 Å². The molecule has 3 heterocycles. The van der Waals surface area contributed by atoms with Gasteiger partial charge in [-0.3, -0.25) is 4.90 Å². The molecule has 128 valence electrons. The van der Waals surface area contributed by atoms with Crippen LogP contribution in [0.3, 0.4) is 0 Å². The van der Waals surface area contributed by atoms with Crippen molar-refractivity contribution in [3.8, 4) is 11.5 Å². The highest BCUT2D eigenvalue weighted by molar-refractivity contribution is 6.30. The van der Waals surface area contributed by atoms with Gasteiger partial charge in [-0.05, 0) is 49.2 Å². The molecule has 0 aliphatic carbocycles. The second-order valence-corrected chi connectivity index (χ2v) is 6.51. The standard InChI is InChI=1S/C18H16ClFN4O/c19-13-5-3-12(4-6-13)11-24-9-1-2-16(24)18-22-17(23-25-18)15-8-7-14(20)10-21-15/h3-8,10,16H,1-2,9,11H2. The Morgan fingerprint density at radius 2 is 2.04 bits per heavy atom. The number of nitrogens with zero attached hydrogens (tertiary/aromatic N) is 4. The number of rotatable bonds is 4. The van der Waals surface area contributed by atoms with E-state index in [0.29, 0.717) is 17.4 Å². The van der Waals surface area contributed by atoms with E-state index in [2.05, 4.69) is 20.0 Å². The van der Waals surface area contributed by atoms with E-state index in [1.165, 1.54) is 11.6 Å². The normalized spacial score (nSPS) is 17.9. The molecule has 0 spiro atoms. The van der Waals surface area contributed by atoms with Crippen molar-refractivity contribution in [2.45, 2.75) is 25.4 Å². The maximum atomic E-state index is 13.0. The summed E-state index contributed by atoms with van der Waals surface area (Å²) in [5, 5.41) is 4.73. The summed E-state index contributed by atoms with van der Waals surface area (Å²) in [4.78, 5) is 10.8. The fourth-order valence-electron chi connectivity index (χ4n) is 3.10. The van der Waals surface area contributed by atoms with Gasteiger partial charge in [0.1, 0.15) is 11.5 Å². The first-order chi connectivity index (χ1) is 12.2. The Hall–Kier alpha value is -2.31. The van der Waals surface area contributed by atoms with Gasteiger partial charge < -0.3 is 4.52 Å². The van der Waals surface area contributed by atoms with Crippen LogP contribution in [0.5, 0.6) is 0 Å². The third-order valence-electron chi connectivity index (χ3n) is 4.35. The van der Waals surface area contributed by atoms with Crippen LogP contribution in [0.25, 0.3) is 11.5 Å². The minimum absolute atomic E-state index is 0.0809.